The first-order valence-corrected chi connectivity index (χ1v) is 10.2. The summed E-state index contributed by atoms with van der Waals surface area (Å²) >= 11 is 0. The Morgan fingerprint density at radius 2 is 1.81 bits per heavy atom. The van der Waals surface area contributed by atoms with E-state index in [9.17, 15) is 19.6 Å². The second kappa shape index (κ2) is 7.18. The van der Waals surface area contributed by atoms with Gasteiger partial charge in [-0.3, -0.25) is 14.5 Å². The maximum absolute atomic E-state index is 13.5. The van der Waals surface area contributed by atoms with Crippen molar-refractivity contribution >= 4 is 29.5 Å². The Kier molecular flexibility index (Phi) is 4.45. The van der Waals surface area contributed by atoms with Crippen molar-refractivity contribution < 1.29 is 24.0 Å². The Hall–Kier alpha value is -3.76. The Balaban J connectivity index is 1.52. The van der Waals surface area contributed by atoms with Crippen molar-refractivity contribution in [3.8, 4) is 6.07 Å². The first kappa shape index (κ1) is 19.2. The third-order valence-corrected chi connectivity index (χ3v) is 6.40. The summed E-state index contributed by atoms with van der Waals surface area (Å²) in [6.45, 7) is 1.99. The van der Waals surface area contributed by atoms with Crippen LogP contribution in [0.25, 0.3) is 6.08 Å². The van der Waals surface area contributed by atoms with Crippen LogP contribution in [0, 0.1) is 23.2 Å². The van der Waals surface area contributed by atoms with E-state index in [0.29, 0.717) is 11.3 Å². The predicted molar refractivity (Wildman–Crippen MR) is 110 cm³/mol. The zero-order chi connectivity index (χ0) is 21.7. The molecule has 3 aliphatic rings. The van der Waals surface area contributed by atoms with Crippen molar-refractivity contribution in [2.24, 2.45) is 11.8 Å². The van der Waals surface area contributed by atoms with Gasteiger partial charge in [-0.1, -0.05) is 24.3 Å². The van der Waals surface area contributed by atoms with Crippen molar-refractivity contribution in [1.29, 1.82) is 5.26 Å². The van der Waals surface area contributed by atoms with Crippen LogP contribution in [-0.4, -0.2) is 30.4 Å². The summed E-state index contributed by atoms with van der Waals surface area (Å²) in [6, 6.07) is 15.4. The number of hydrogen-bond donors (Lipinski definition) is 1. The van der Waals surface area contributed by atoms with Crippen LogP contribution in [0.15, 0.2) is 54.7 Å². The van der Waals surface area contributed by atoms with Crippen molar-refractivity contribution in [2.45, 2.75) is 19.0 Å². The number of nitrogens with zero attached hydrogens (tertiary/aromatic N) is 2. The van der Waals surface area contributed by atoms with Crippen LogP contribution in [0.3, 0.4) is 0 Å². The van der Waals surface area contributed by atoms with Crippen molar-refractivity contribution in [3.63, 3.8) is 0 Å². The molecule has 5 atom stereocenters. The molecule has 3 aliphatic heterocycles. The summed E-state index contributed by atoms with van der Waals surface area (Å²) in [5, 5.41) is 9.87. The molecule has 0 spiro atoms. The number of fused-ring (bicyclic) bond motifs is 5. The molecule has 0 bridgehead atoms. The Morgan fingerprint density at radius 3 is 2.52 bits per heavy atom. The fourth-order valence-electron chi connectivity index (χ4n) is 5.10. The van der Waals surface area contributed by atoms with Crippen molar-refractivity contribution in [2.75, 3.05) is 11.5 Å². The Morgan fingerprint density at radius 1 is 1.10 bits per heavy atom. The molecule has 2 fully saturated rings. The molecule has 2 aromatic carbocycles. The molecule has 3 heterocycles. The van der Waals surface area contributed by atoms with Gasteiger partial charge >= 0.3 is 5.97 Å². The largest absolute Gasteiger partial charge is 0.462 e. The first-order valence-electron chi connectivity index (χ1n) is 10.2. The summed E-state index contributed by atoms with van der Waals surface area (Å²) in [4.78, 5) is 40.8. The molecule has 7 heteroatoms. The normalized spacial score (nSPS) is 28.0. The SMILES string of the molecule is CCOC(=O)c1ccc(N2C(=O)[C@@H]3[C@H](C2=O)[C@@H]2c4ccccc4C=C[NH+]2[C@@H]3C#N)cc1. The number of ether oxygens (including phenoxy) is 1. The van der Waals surface area contributed by atoms with E-state index in [2.05, 4.69) is 6.07 Å². The quantitative estimate of drug-likeness (QED) is 0.607. The Bertz CT molecular complexity index is 1160. The van der Waals surface area contributed by atoms with E-state index in [0.717, 1.165) is 16.0 Å². The van der Waals surface area contributed by atoms with Gasteiger partial charge in [0.15, 0.2) is 6.04 Å². The van der Waals surface area contributed by atoms with Gasteiger partial charge in [-0.2, -0.15) is 5.26 Å². The highest BCUT2D eigenvalue weighted by Gasteiger charge is 2.66. The zero-order valence-electron chi connectivity index (χ0n) is 16.8. The molecule has 5 rings (SSSR count). The number of hydrogen-bond acceptors (Lipinski definition) is 5. The van der Waals surface area contributed by atoms with E-state index in [1.54, 1.807) is 31.2 Å². The minimum atomic E-state index is -0.710. The lowest BCUT2D eigenvalue weighted by atomic mass is 9.85. The summed E-state index contributed by atoms with van der Waals surface area (Å²) in [5.41, 5.74) is 2.73. The number of quaternary nitrogens is 1. The van der Waals surface area contributed by atoms with Crippen molar-refractivity contribution in [1.82, 2.24) is 0 Å². The van der Waals surface area contributed by atoms with E-state index in [1.807, 2.05) is 36.5 Å². The fourth-order valence-corrected chi connectivity index (χ4v) is 5.10. The van der Waals surface area contributed by atoms with Gasteiger partial charge in [0, 0.05) is 5.56 Å². The molecular formula is C24H20N3O4+. The number of rotatable bonds is 3. The summed E-state index contributed by atoms with van der Waals surface area (Å²) in [5.74, 6) is -2.44. The summed E-state index contributed by atoms with van der Waals surface area (Å²) < 4.78 is 4.99. The molecule has 0 aromatic heterocycles. The van der Waals surface area contributed by atoms with Gasteiger partial charge in [0.05, 0.1) is 24.1 Å². The van der Waals surface area contributed by atoms with Crippen LogP contribution in [0.2, 0.25) is 0 Å². The summed E-state index contributed by atoms with van der Waals surface area (Å²) in [6.07, 6.45) is 3.85. The van der Waals surface area contributed by atoms with E-state index < -0.39 is 23.8 Å². The van der Waals surface area contributed by atoms with Gasteiger partial charge in [0.2, 0.25) is 11.8 Å². The lowest BCUT2D eigenvalue weighted by molar-refractivity contribution is -0.885. The van der Waals surface area contributed by atoms with Gasteiger partial charge < -0.3 is 4.74 Å². The number of anilines is 1. The lowest BCUT2D eigenvalue weighted by Gasteiger charge is -2.28. The minimum Gasteiger partial charge on any atom is -0.462 e. The van der Waals surface area contributed by atoms with E-state index >= 15 is 0 Å². The number of esters is 1. The minimum absolute atomic E-state index is 0.263. The monoisotopic (exact) mass is 414 g/mol. The van der Waals surface area contributed by atoms with Crippen LogP contribution in [0.5, 0.6) is 0 Å². The molecule has 2 saturated heterocycles. The molecule has 0 radical (unpaired) electrons. The average molecular weight is 414 g/mol. The fraction of sp³-hybridized carbons (Fsp3) is 0.250. The number of nitriles is 1. The second-order valence-corrected chi connectivity index (χ2v) is 7.88. The molecule has 1 N–H and O–H groups in total. The highest BCUT2D eigenvalue weighted by atomic mass is 16.5. The molecule has 154 valence electrons. The van der Waals surface area contributed by atoms with E-state index in [1.165, 1.54) is 4.90 Å². The molecule has 2 amide bonds. The van der Waals surface area contributed by atoms with E-state index in [4.69, 9.17) is 4.74 Å². The highest BCUT2D eigenvalue weighted by Crippen LogP contribution is 2.44. The molecule has 0 saturated carbocycles. The molecule has 7 nitrogen and oxygen atoms in total. The van der Waals surface area contributed by atoms with Crippen molar-refractivity contribution in [3.05, 3.63) is 71.4 Å². The topological polar surface area (TPSA) is 91.9 Å². The zero-order valence-corrected chi connectivity index (χ0v) is 16.8. The molecule has 0 aliphatic carbocycles. The second-order valence-electron chi connectivity index (χ2n) is 7.88. The van der Waals surface area contributed by atoms with Gasteiger partial charge in [-0.15, -0.1) is 0 Å². The Labute approximate surface area is 179 Å². The summed E-state index contributed by atoms with van der Waals surface area (Å²) in [7, 11) is 0. The third kappa shape index (κ3) is 2.72. The smallest absolute Gasteiger partial charge is 0.338 e. The van der Waals surface area contributed by atoms with Gasteiger partial charge in [-0.05, 0) is 42.8 Å². The van der Waals surface area contributed by atoms with Gasteiger partial charge in [-0.25, -0.2) is 9.69 Å². The standard InChI is InChI=1S/C24H19N3O4/c1-2-31-24(30)15-7-9-16(10-8-15)27-22(28)19-18(13-25)26-12-11-14-5-3-4-6-17(14)21(26)20(19)23(27)29/h3-12,18-21H,2H2,1H3/p+1/t18-,19+,20+,21+/m1/s1. The third-order valence-electron chi connectivity index (χ3n) is 6.40. The number of carbonyl (C=O) groups is 3. The highest BCUT2D eigenvalue weighted by molar-refractivity contribution is 6.22. The lowest BCUT2D eigenvalue weighted by Crippen LogP contribution is -3.10. The van der Waals surface area contributed by atoms with Crippen LogP contribution >= 0.6 is 0 Å². The average Bonchev–Trinajstić information content (AvgIpc) is 3.26. The molecule has 31 heavy (non-hydrogen) atoms. The first-order chi connectivity index (χ1) is 15.1. The number of benzene rings is 2. The molecule has 1 unspecified atom stereocenters. The molecular weight excluding hydrogens is 394 g/mol. The maximum atomic E-state index is 13.5. The number of amides is 2. The molecule has 2 aromatic rings. The van der Waals surface area contributed by atoms with Crippen LogP contribution in [0.4, 0.5) is 5.69 Å². The maximum Gasteiger partial charge on any atom is 0.338 e. The van der Waals surface area contributed by atoms with Crippen LogP contribution < -0.4 is 9.80 Å². The van der Waals surface area contributed by atoms with Gasteiger partial charge in [0.1, 0.15) is 23.9 Å². The van der Waals surface area contributed by atoms with Gasteiger partial charge in [0.25, 0.3) is 0 Å². The van der Waals surface area contributed by atoms with E-state index in [-0.39, 0.29) is 24.5 Å². The van der Waals surface area contributed by atoms with Crippen LogP contribution in [0.1, 0.15) is 34.5 Å². The van der Waals surface area contributed by atoms with Crippen LogP contribution in [-0.2, 0) is 14.3 Å². The number of nitrogens with one attached hydrogen (secondary N) is 1. The number of imide groups is 1. The number of carbonyl (C=O) groups excluding carboxylic acids is 3. The predicted octanol–water partition coefficient (Wildman–Crippen LogP) is 1.49.